The van der Waals surface area contributed by atoms with E-state index in [4.69, 9.17) is 5.11 Å². The molecule has 0 aromatic heterocycles. The molecule has 3 nitrogen and oxygen atoms in total. The van der Waals surface area contributed by atoms with Crippen LogP contribution in [-0.2, 0) is 17.6 Å². The normalized spacial score (nSPS) is 16.6. The lowest BCUT2D eigenvalue weighted by molar-refractivity contribution is -0.139. The number of hydrogen-bond donors (Lipinski definition) is 2. The summed E-state index contributed by atoms with van der Waals surface area (Å²) in [6.45, 7) is 0. The molecule has 86 valence electrons. The van der Waals surface area contributed by atoms with Gasteiger partial charge < -0.3 is 10.4 Å². The lowest BCUT2D eigenvalue weighted by Crippen LogP contribution is -2.25. The maximum atomic E-state index is 11.0. The van der Waals surface area contributed by atoms with Crippen molar-refractivity contribution in [2.75, 3.05) is 7.05 Å². The minimum atomic E-state index is -0.821. The molecule has 0 saturated heterocycles. The molecule has 3 heteroatoms. The van der Waals surface area contributed by atoms with Gasteiger partial charge in [0.1, 0.15) is 6.04 Å². The van der Waals surface area contributed by atoms with Crippen molar-refractivity contribution in [1.82, 2.24) is 5.32 Å². The van der Waals surface area contributed by atoms with Gasteiger partial charge in [-0.3, -0.25) is 4.79 Å². The molecule has 1 aromatic carbocycles. The molecule has 1 aromatic rings. The number of likely N-dealkylation sites (N-methyl/N-ethyl adjacent to an activating group) is 1. The number of carboxylic acid groups (broad SMARTS) is 1. The average Bonchev–Trinajstić information content (AvgIpc) is 2.29. The Labute approximate surface area is 95.5 Å². The number of nitrogens with one attached hydrogen (secondary N) is 1. The van der Waals surface area contributed by atoms with Gasteiger partial charge in [-0.05, 0) is 49.4 Å². The summed E-state index contributed by atoms with van der Waals surface area (Å²) >= 11 is 0. The number of aliphatic carboxylic acids is 1. The molecule has 1 unspecified atom stereocenters. The first kappa shape index (κ1) is 11.1. The van der Waals surface area contributed by atoms with Crippen molar-refractivity contribution < 1.29 is 9.90 Å². The summed E-state index contributed by atoms with van der Waals surface area (Å²) in [5.41, 5.74) is 3.57. The highest BCUT2D eigenvalue weighted by molar-refractivity contribution is 5.75. The highest BCUT2D eigenvalue weighted by Gasteiger charge is 2.19. The molecule has 0 bridgehead atoms. The highest BCUT2D eigenvalue weighted by Crippen LogP contribution is 2.24. The van der Waals surface area contributed by atoms with Crippen molar-refractivity contribution in [1.29, 1.82) is 0 Å². The largest absolute Gasteiger partial charge is 0.480 e. The summed E-state index contributed by atoms with van der Waals surface area (Å²) in [4.78, 5) is 11.0. The summed E-state index contributed by atoms with van der Waals surface area (Å²) in [5.74, 6) is -0.821. The fourth-order valence-corrected chi connectivity index (χ4v) is 2.37. The first-order chi connectivity index (χ1) is 7.72. The molecule has 2 N–H and O–H groups in total. The van der Waals surface area contributed by atoms with Gasteiger partial charge in [-0.2, -0.15) is 0 Å². The Kier molecular flexibility index (Phi) is 3.25. The number of aryl methyl sites for hydroxylation is 2. The highest BCUT2D eigenvalue weighted by atomic mass is 16.4. The van der Waals surface area contributed by atoms with E-state index in [1.54, 1.807) is 7.05 Å². The van der Waals surface area contributed by atoms with Gasteiger partial charge in [0.25, 0.3) is 0 Å². The number of carboxylic acids is 1. The van der Waals surface area contributed by atoms with Crippen molar-refractivity contribution >= 4 is 5.97 Å². The zero-order valence-electron chi connectivity index (χ0n) is 9.49. The Morgan fingerprint density at radius 2 is 2.00 bits per heavy atom. The Hall–Kier alpha value is -1.35. The molecule has 1 atom stereocenters. The Bertz CT molecular complexity index is 401. The molecule has 1 aliphatic carbocycles. The summed E-state index contributed by atoms with van der Waals surface area (Å²) in [5, 5.41) is 11.9. The van der Waals surface area contributed by atoms with E-state index >= 15 is 0 Å². The quantitative estimate of drug-likeness (QED) is 0.816. The molecule has 2 rings (SSSR count). The second-order valence-electron chi connectivity index (χ2n) is 4.30. The van der Waals surface area contributed by atoms with Gasteiger partial charge in [-0.25, -0.2) is 0 Å². The predicted molar refractivity (Wildman–Crippen MR) is 62.5 cm³/mol. The number of benzene rings is 1. The molecule has 0 radical (unpaired) electrons. The molecule has 16 heavy (non-hydrogen) atoms. The predicted octanol–water partition coefficient (Wildman–Crippen LogP) is 1.91. The molecular formula is C13H17NO2. The number of rotatable bonds is 3. The van der Waals surface area contributed by atoms with E-state index in [2.05, 4.69) is 11.4 Å². The Morgan fingerprint density at radius 1 is 1.31 bits per heavy atom. The fourth-order valence-electron chi connectivity index (χ4n) is 2.37. The van der Waals surface area contributed by atoms with E-state index in [-0.39, 0.29) is 0 Å². The molecule has 0 spiro atoms. The summed E-state index contributed by atoms with van der Waals surface area (Å²) in [6, 6.07) is 5.47. The van der Waals surface area contributed by atoms with Crippen LogP contribution in [0.5, 0.6) is 0 Å². The topological polar surface area (TPSA) is 49.3 Å². The molecule has 0 fully saturated rings. The van der Waals surface area contributed by atoms with Crippen LogP contribution in [0.15, 0.2) is 18.2 Å². The zero-order valence-corrected chi connectivity index (χ0v) is 9.49. The molecule has 0 aliphatic heterocycles. The molecular weight excluding hydrogens is 202 g/mol. The van der Waals surface area contributed by atoms with Crippen LogP contribution in [0.2, 0.25) is 0 Å². The SMILES string of the molecule is CNC(C(=O)O)c1ccc2c(c1)CCCC2. The molecule has 1 aliphatic rings. The number of fused-ring (bicyclic) bond motifs is 1. The van der Waals surface area contributed by atoms with E-state index in [0.717, 1.165) is 18.4 Å². The molecule has 0 saturated carbocycles. The zero-order chi connectivity index (χ0) is 11.5. The third-order valence-corrected chi connectivity index (χ3v) is 3.24. The third kappa shape index (κ3) is 2.09. The van der Waals surface area contributed by atoms with Crippen LogP contribution < -0.4 is 5.32 Å². The van der Waals surface area contributed by atoms with Crippen molar-refractivity contribution in [3.63, 3.8) is 0 Å². The Morgan fingerprint density at radius 3 is 2.62 bits per heavy atom. The van der Waals surface area contributed by atoms with Crippen molar-refractivity contribution in [2.24, 2.45) is 0 Å². The first-order valence-corrected chi connectivity index (χ1v) is 5.74. The van der Waals surface area contributed by atoms with Crippen LogP contribution in [0.4, 0.5) is 0 Å². The first-order valence-electron chi connectivity index (χ1n) is 5.74. The van der Waals surface area contributed by atoms with E-state index in [9.17, 15) is 4.79 Å². The fraction of sp³-hybridized carbons (Fsp3) is 0.462. The second kappa shape index (κ2) is 4.66. The minimum Gasteiger partial charge on any atom is -0.480 e. The van der Waals surface area contributed by atoms with Gasteiger partial charge in [-0.15, -0.1) is 0 Å². The monoisotopic (exact) mass is 219 g/mol. The van der Waals surface area contributed by atoms with Gasteiger partial charge in [-0.1, -0.05) is 18.2 Å². The van der Waals surface area contributed by atoms with Crippen molar-refractivity contribution in [3.8, 4) is 0 Å². The van der Waals surface area contributed by atoms with Crippen molar-refractivity contribution in [3.05, 3.63) is 34.9 Å². The van der Waals surface area contributed by atoms with Gasteiger partial charge in [0, 0.05) is 0 Å². The molecule has 0 heterocycles. The van der Waals surface area contributed by atoms with E-state index in [0.29, 0.717) is 0 Å². The lowest BCUT2D eigenvalue weighted by atomic mass is 9.89. The van der Waals surface area contributed by atoms with Crippen LogP contribution in [0.3, 0.4) is 0 Å². The smallest absolute Gasteiger partial charge is 0.325 e. The lowest BCUT2D eigenvalue weighted by Gasteiger charge is -2.19. The maximum Gasteiger partial charge on any atom is 0.325 e. The van der Waals surface area contributed by atoms with Crippen LogP contribution in [0.25, 0.3) is 0 Å². The Balaban J connectivity index is 2.32. The van der Waals surface area contributed by atoms with E-state index in [1.165, 1.54) is 24.0 Å². The van der Waals surface area contributed by atoms with Crippen LogP contribution in [0.1, 0.15) is 35.6 Å². The maximum absolute atomic E-state index is 11.0. The molecule has 0 amide bonds. The van der Waals surface area contributed by atoms with Gasteiger partial charge in [0.15, 0.2) is 0 Å². The van der Waals surface area contributed by atoms with E-state index < -0.39 is 12.0 Å². The van der Waals surface area contributed by atoms with Crippen LogP contribution in [-0.4, -0.2) is 18.1 Å². The van der Waals surface area contributed by atoms with Gasteiger partial charge in [0.05, 0.1) is 0 Å². The summed E-state index contributed by atoms with van der Waals surface area (Å²) in [7, 11) is 1.68. The number of hydrogen-bond acceptors (Lipinski definition) is 2. The minimum absolute atomic E-state index is 0.591. The van der Waals surface area contributed by atoms with Crippen LogP contribution >= 0.6 is 0 Å². The average molecular weight is 219 g/mol. The van der Waals surface area contributed by atoms with Gasteiger partial charge in [0.2, 0.25) is 0 Å². The number of carbonyl (C=O) groups is 1. The van der Waals surface area contributed by atoms with Crippen molar-refractivity contribution in [2.45, 2.75) is 31.7 Å². The van der Waals surface area contributed by atoms with Gasteiger partial charge >= 0.3 is 5.97 Å². The van der Waals surface area contributed by atoms with E-state index in [1.807, 2.05) is 12.1 Å². The second-order valence-corrected chi connectivity index (χ2v) is 4.30. The third-order valence-electron chi connectivity index (χ3n) is 3.24. The standard InChI is InChI=1S/C13H17NO2/c1-14-12(13(15)16)11-7-6-9-4-2-3-5-10(9)8-11/h6-8,12,14H,2-5H2,1H3,(H,15,16). The summed E-state index contributed by atoms with van der Waals surface area (Å²) in [6.07, 6.45) is 4.68. The summed E-state index contributed by atoms with van der Waals surface area (Å²) < 4.78 is 0. The van der Waals surface area contributed by atoms with Crippen LogP contribution in [0, 0.1) is 0 Å².